The summed E-state index contributed by atoms with van der Waals surface area (Å²) in [5, 5.41) is 29.1. The van der Waals surface area contributed by atoms with Gasteiger partial charge >= 0.3 is 0 Å². The Labute approximate surface area is 108 Å². The molecule has 3 N–H and O–H groups in total. The van der Waals surface area contributed by atoms with E-state index in [0.717, 1.165) is 4.90 Å². The van der Waals surface area contributed by atoms with Crippen LogP contribution in [0.15, 0.2) is 35.2 Å². The molecule has 0 amide bonds. The van der Waals surface area contributed by atoms with Gasteiger partial charge in [0.2, 0.25) is 0 Å². The number of hydrogen-bond acceptors (Lipinski definition) is 6. The van der Waals surface area contributed by atoms with Crippen molar-refractivity contribution in [2.45, 2.75) is 41.0 Å². The lowest BCUT2D eigenvalue weighted by molar-refractivity contribution is -0.228. The van der Waals surface area contributed by atoms with Gasteiger partial charge in [0.05, 0.1) is 0 Å². The predicted molar refractivity (Wildman–Crippen MR) is 63.9 cm³/mol. The molecule has 5 nitrogen and oxygen atoms in total. The molecule has 0 spiro atoms. The molecule has 18 heavy (non-hydrogen) atoms. The van der Waals surface area contributed by atoms with Crippen LogP contribution in [0.2, 0.25) is 0 Å². The van der Waals surface area contributed by atoms with Crippen molar-refractivity contribution in [1.29, 1.82) is 0 Å². The second kappa shape index (κ2) is 4.80. The first-order valence-corrected chi connectivity index (χ1v) is 6.61. The zero-order chi connectivity index (χ0) is 12.7. The van der Waals surface area contributed by atoms with Gasteiger partial charge in [0.15, 0.2) is 6.29 Å². The molecule has 1 unspecified atom stereocenters. The maximum Gasteiger partial charge on any atom is 0.188 e. The van der Waals surface area contributed by atoms with Crippen LogP contribution in [0.5, 0.6) is 0 Å². The number of aliphatic hydroxyl groups is 3. The number of aliphatic hydroxyl groups excluding tert-OH is 3. The number of benzene rings is 1. The normalized spacial score (nSPS) is 43.1. The topological polar surface area (TPSA) is 79.2 Å². The van der Waals surface area contributed by atoms with Crippen molar-refractivity contribution in [3.8, 4) is 0 Å². The van der Waals surface area contributed by atoms with Gasteiger partial charge in [0.25, 0.3) is 0 Å². The van der Waals surface area contributed by atoms with E-state index in [2.05, 4.69) is 0 Å². The average molecular weight is 270 g/mol. The van der Waals surface area contributed by atoms with Crippen LogP contribution in [0, 0.1) is 0 Å². The third kappa shape index (κ3) is 2.05. The maximum atomic E-state index is 9.85. The lowest BCUT2D eigenvalue weighted by Crippen LogP contribution is -2.54. The van der Waals surface area contributed by atoms with E-state index in [1.807, 2.05) is 30.3 Å². The molecule has 1 aromatic carbocycles. The summed E-state index contributed by atoms with van der Waals surface area (Å²) in [5.74, 6) is 0. The van der Waals surface area contributed by atoms with Crippen molar-refractivity contribution in [2.75, 3.05) is 0 Å². The summed E-state index contributed by atoms with van der Waals surface area (Å²) in [5.41, 5.74) is -0.431. The van der Waals surface area contributed by atoms with Crippen molar-refractivity contribution in [1.82, 2.24) is 0 Å². The summed E-state index contributed by atoms with van der Waals surface area (Å²) >= 11 is 1.41. The van der Waals surface area contributed by atoms with Crippen LogP contribution < -0.4 is 0 Å². The standard InChI is InChI=1S/C12H14O5S/c13-7-8(14)10-12(17-11(16-10)9(7)15)18-6-4-2-1-3-5-6/h1-5,7-15H/t7-,8-,9+,10-,11+,12?/m0/s1. The van der Waals surface area contributed by atoms with E-state index in [1.165, 1.54) is 11.8 Å². The first-order valence-electron chi connectivity index (χ1n) is 5.73. The molecule has 2 bridgehead atoms. The highest BCUT2D eigenvalue weighted by Crippen LogP contribution is 2.40. The van der Waals surface area contributed by atoms with Crippen molar-refractivity contribution >= 4 is 11.8 Å². The molecule has 98 valence electrons. The Balaban J connectivity index is 1.76. The first kappa shape index (κ1) is 12.4. The fourth-order valence-electron chi connectivity index (χ4n) is 2.15. The number of thioether (sulfide) groups is 1. The summed E-state index contributed by atoms with van der Waals surface area (Å²) in [7, 11) is 0. The average Bonchev–Trinajstić information content (AvgIpc) is 2.77. The van der Waals surface area contributed by atoms with Crippen LogP contribution in [0.3, 0.4) is 0 Å². The second-order valence-corrected chi connectivity index (χ2v) is 5.55. The van der Waals surface area contributed by atoms with E-state index in [-0.39, 0.29) is 0 Å². The lowest BCUT2D eigenvalue weighted by atomic mass is 10.0. The number of rotatable bonds is 2. The maximum absolute atomic E-state index is 9.85. The highest BCUT2D eigenvalue weighted by molar-refractivity contribution is 7.99. The number of fused-ring (bicyclic) bond motifs is 2. The van der Waals surface area contributed by atoms with Crippen LogP contribution in [0.4, 0.5) is 0 Å². The van der Waals surface area contributed by atoms with Crippen molar-refractivity contribution < 1.29 is 24.8 Å². The Morgan fingerprint density at radius 3 is 2.33 bits per heavy atom. The fraction of sp³-hybridized carbons (Fsp3) is 0.500. The quantitative estimate of drug-likeness (QED) is 0.699. The summed E-state index contributed by atoms with van der Waals surface area (Å²) in [4.78, 5) is 0.981. The van der Waals surface area contributed by atoms with Gasteiger partial charge < -0.3 is 24.8 Å². The monoisotopic (exact) mass is 270 g/mol. The van der Waals surface area contributed by atoms with Gasteiger partial charge in [-0.15, -0.1) is 0 Å². The molecule has 2 saturated heterocycles. The van der Waals surface area contributed by atoms with Gasteiger partial charge in [-0.3, -0.25) is 0 Å². The Morgan fingerprint density at radius 1 is 0.889 bits per heavy atom. The van der Waals surface area contributed by atoms with Gasteiger partial charge in [-0.2, -0.15) is 0 Å². The largest absolute Gasteiger partial charge is 0.387 e. The van der Waals surface area contributed by atoms with E-state index >= 15 is 0 Å². The van der Waals surface area contributed by atoms with Gasteiger partial charge in [0.1, 0.15) is 29.9 Å². The lowest BCUT2D eigenvalue weighted by Gasteiger charge is -2.32. The predicted octanol–water partition coefficient (Wildman–Crippen LogP) is -0.0574. The van der Waals surface area contributed by atoms with Crippen LogP contribution in [0.1, 0.15) is 0 Å². The number of hydrogen-bond donors (Lipinski definition) is 3. The molecule has 0 saturated carbocycles. The molecule has 6 atom stereocenters. The van der Waals surface area contributed by atoms with Crippen LogP contribution >= 0.6 is 11.8 Å². The zero-order valence-electron chi connectivity index (χ0n) is 9.42. The molecule has 2 heterocycles. The number of ether oxygens (including phenoxy) is 2. The highest BCUT2D eigenvalue weighted by atomic mass is 32.2. The Morgan fingerprint density at radius 2 is 1.61 bits per heavy atom. The van der Waals surface area contributed by atoms with Crippen molar-refractivity contribution in [3.05, 3.63) is 30.3 Å². The van der Waals surface area contributed by atoms with E-state index in [1.54, 1.807) is 0 Å². The SMILES string of the molecule is O[C@@H]1[C@@H](O)[C@H]2OC(Sc3ccccc3)[C@@H](O2)[C@H]1O. The third-order valence-electron chi connectivity index (χ3n) is 3.14. The van der Waals surface area contributed by atoms with Gasteiger partial charge in [0, 0.05) is 4.90 Å². The molecule has 0 radical (unpaired) electrons. The van der Waals surface area contributed by atoms with Gasteiger partial charge in [-0.1, -0.05) is 30.0 Å². The Bertz CT molecular complexity index is 412. The van der Waals surface area contributed by atoms with Crippen molar-refractivity contribution in [3.63, 3.8) is 0 Å². The highest BCUT2D eigenvalue weighted by Gasteiger charge is 2.54. The van der Waals surface area contributed by atoms with Crippen molar-refractivity contribution in [2.24, 2.45) is 0 Å². The van der Waals surface area contributed by atoms with E-state index < -0.39 is 36.1 Å². The third-order valence-corrected chi connectivity index (χ3v) is 4.29. The molecular weight excluding hydrogens is 256 g/mol. The fourth-order valence-corrected chi connectivity index (χ4v) is 3.26. The molecule has 0 aromatic heterocycles. The van der Waals surface area contributed by atoms with E-state index in [4.69, 9.17) is 9.47 Å². The minimum absolute atomic E-state index is 0.431. The Hall–Kier alpha value is -0.630. The van der Waals surface area contributed by atoms with Crippen LogP contribution in [0.25, 0.3) is 0 Å². The summed E-state index contributed by atoms with van der Waals surface area (Å²) in [6.07, 6.45) is -5.07. The molecule has 2 aliphatic rings. The molecule has 2 fully saturated rings. The van der Waals surface area contributed by atoms with E-state index in [0.29, 0.717) is 0 Å². The second-order valence-electron chi connectivity index (χ2n) is 4.38. The molecule has 0 aliphatic carbocycles. The van der Waals surface area contributed by atoms with Gasteiger partial charge in [-0.05, 0) is 12.1 Å². The summed E-state index contributed by atoms with van der Waals surface area (Å²) < 4.78 is 10.9. The van der Waals surface area contributed by atoms with Gasteiger partial charge in [-0.25, -0.2) is 0 Å². The van der Waals surface area contributed by atoms with E-state index in [9.17, 15) is 15.3 Å². The van der Waals surface area contributed by atoms with Crippen LogP contribution in [-0.2, 0) is 9.47 Å². The van der Waals surface area contributed by atoms with Crippen LogP contribution in [-0.4, -0.2) is 51.5 Å². The minimum Gasteiger partial charge on any atom is -0.387 e. The molecule has 2 aliphatic heterocycles. The zero-order valence-corrected chi connectivity index (χ0v) is 10.2. The summed E-state index contributed by atoms with van der Waals surface area (Å²) in [6, 6.07) is 9.58. The Kier molecular flexibility index (Phi) is 3.31. The summed E-state index contributed by atoms with van der Waals surface area (Å²) in [6.45, 7) is 0. The molecule has 3 rings (SSSR count). The molecule has 6 heteroatoms. The minimum atomic E-state index is -1.23. The molecule has 1 aromatic rings. The molecular formula is C12H14O5S. The first-order chi connectivity index (χ1) is 8.66. The smallest absolute Gasteiger partial charge is 0.188 e.